The van der Waals surface area contributed by atoms with Crippen molar-refractivity contribution in [3.05, 3.63) is 75.8 Å². The van der Waals surface area contributed by atoms with Gasteiger partial charge in [0.05, 0.1) is 18.3 Å². The normalized spacial score (nSPS) is 17.4. The molecule has 0 N–H and O–H groups in total. The summed E-state index contributed by atoms with van der Waals surface area (Å²) in [6, 6.07) is 14.2. The van der Waals surface area contributed by atoms with Crippen LogP contribution in [0.5, 0.6) is 5.75 Å². The Bertz CT molecular complexity index is 880. The maximum absolute atomic E-state index is 12.0. The second-order valence-electron chi connectivity index (χ2n) is 5.06. The van der Waals surface area contributed by atoms with Gasteiger partial charge in [-0.3, -0.25) is 0 Å². The Morgan fingerprint density at radius 2 is 1.42 bits per heavy atom. The van der Waals surface area contributed by atoms with Crippen LogP contribution in [-0.4, -0.2) is 19.0 Å². The summed E-state index contributed by atoms with van der Waals surface area (Å²) in [4.78, 5) is 24.1. The summed E-state index contributed by atoms with van der Waals surface area (Å²) in [6.07, 6.45) is 3.13. The molecular weight excluding hydrogens is 328 g/mol. The number of hydrogen-bond acceptors (Lipinski definition) is 4. The molecule has 120 valence electrons. The van der Waals surface area contributed by atoms with E-state index >= 15 is 0 Å². The molecule has 0 amide bonds. The zero-order chi connectivity index (χ0) is 17.1. The van der Waals surface area contributed by atoms with Gasteiger partial charge in [0.15, 0.2) is 0 Å². The van der Waals surface area contributed by atoms with E-state index in [0.717, 1.165) is 0 Å². The molecule has 5 heteroatoms. The van der Waals surface area contributed by atoms with E-state index in [1.54, 1.807) is 48.6 Å². The monoisotopic (exact) mass is 340 g/mol. The van der Waals surface area contributed by atoms with Gasteiger partial charge in [0.25, 0.3) is 0 Å². The zero-order valence-corrected chi connectivity index (χ0v) is 13.5. The highest BCUT2D eigenvalue weighted by molar-refractivity contribution is 6.32. The Balaban J connectivity index is 2.11. The Morgan fingerprint density at radius 1 is 0.875 bits per heavy atom. The van der Waals surface area contributed by atoms with Gasteiger partial charge in [0.2, 0.25) is 0 Å². The fourth-order valence-electron chi connectivity index (χ4n) is 2.38. The number of ether oxygens (including phenoxy) is 2. The molecule has 4 nitrogen and oxygen atoms in total. The first kappa shape index (κ1) is 16.0. The second-order valence-corrected chi connectivity index (χ2v) is 5.46. The number of benzene rings is 2. The molecular formula is C19H13ClO4. The quantitative estimate of drug-likeness (QED) is 0.483. The first-order valence-electron chi connectivity index (χ1n) is 7.18. The van der Waals surface area contributed by atoms with Gasteiger partial charge in [0.1, 0.15) is 5.75 Å². The topological polar surface area (TPSA) is 52.6 Å². The molecule has 1 fully saturated rings. The molecule has 1 saturated heterocycles. The molecule has 0 saturated carbocycles. The fraction of sp³-hybridized carbons (Fsp3) is 0.0526. The average molecular weight is 341 g/mol. The van der Waals surface area contributed by atoms with Gasteiger partial charge < -0.3 is 9.47 Å². The van der Waals surface area contributed by atoms with E-state index in [1.807, 2.05) is 12.1 Å². The maximum Gasteiger partial charge on any atom is 0.346 e. The van der Waals surface area contributed by atoms with Crippen LogP contribution in [0.15, 0.2) is 59.7 Å². The highest BCUT2D eigenvalue weighted by atomic mass is 35.5. The lowest BCUT2D eigenvalue weighted by Crippen LogP contribution is -1.97. The number of methoxy groups -OCH3 is 1. The Kier molecular flexibility index (Phi) is 4.49. The molecule has 2 aromatic rings. The van der Waals surface area contributed by atoms with Crippen molar-refractivity contribution in [2.24, 2.45) is 0 Å². The number of hydrogen-bond donors (Lipinski definition) is 0. The summed E-state index contributed by atoms with van der Waals surface area (Å²) in [5, 5.41) is 0.480. The first-order chi connectivity index (χ1) is 11.6. The van der Waals surface area contributed by atoms with E-state index in [-0.39, 0.29) is 11.1 Å². The minimum Gasteiger partial charge on any atom is -0.496 e. The maximum atomic E-state index is 12.0. The summed E-state index contributed by atoms with van der Waals surface area (Å²) in [6.45, 7) is 0. The molecule has 1 aliphatic rings. The molecule has 2 aromatic carbocycles. The van der Waals surface area contributed by atoms with Crippen molar-refractivity contribution in [3.63, 3.8) is 0 Å². The third-order valence-electron chi connectivity index (χ3n) is 3.56. The van der Waals surface area contributed by atoms with Crippen LogP contribution in [0.1, 0.15) is 11.1 Å². The summed E-state index contributed by atoms with van der Waals surface area (Å²) >= 11 is 6.12. The van der Waals surface area contributed by atoms with Crippen molar-refractivity contribution in [2.75, 3.05) is 7.11 Å². The van der Waals surface area contributed by atoms with Gasteiger partial charge >= 0.3 is 11.9 Å². The van der Waals surface area contributed by atoms with Crippen LogP contribution in [-0.2, 0) is 14.3 Å². The second kappa shape index (κ2) is 6.72. The minimum atomic E-state index is -0.693. The number of halogens is 1. The Morgan fingerprint density at radius 3 is 2.04 bits per heavy atom. The van der Waals surface area contributed by atoms with Gasteiger partial charge in [0, 0.05) is 10.6 Å². The fourth-order valence-corrected chi connectivity index (χ4v) is 2.57. The lowest BCUT2D eigenvalue weighted by molar-refractivity contribution is -0.149. The summed E-state index contributed by atoms with van der Waals surface area (Å²) < 4.78 is 10.0. The van der Waals surface area contributed by atoms with E-state index < -0.39 is 11.9 Å². The Hall–Kier alpha value is -2.85. The molecule has 3 rings (SSSR count). The standard InChI is InChI=1S/C19H13ClO4/c1-23-17-9-5-3-7-13(17)11-15-14(18(21)24-19(15)22)10-12-6-2-4-8-16(12)20/h2-11H,1H3/b14-10-,15-11-. The number of carbonyl (C=O) groups excluding carboxylic acids is 2. The molecule has 1 heterocycles. The smallest absolute Gasteiger partial charge is 0.346 e. The number of esters is 2. The van der Waals surface area contributed by atoms with E-state index in [1.165, 1.54) is 7.11 Å². The zero-order valence-electron chi connectivity index (χ0n) is 12.8. The highest BCUT2D eigenvalue weighted by Crippen LogP contribution is 2.30. The minimum absolute atomic E-state index is 0.166. The molecule has 24 heavy (non-hydrogen) atoms. The lowest BCUT2D eigenvalue weighted by Gasteiger charge is -2.04. The van der Waals surface area contributed by atoms with Crippen LogP contribution >= 0.6 is 11.6 Å². The van der Waals surface area contributed by atoms with Crippen LogP contribution in [0.4, 0.5) is 0 Å². The van der Waals surface area contributed by atoms with Gasteiger partial charge in [-0.15, -0.1) is 0 Å². The van der Waals surface area contributed by atoms with Crippen molar-refractivity contribution >= 4 is 35.7 Å². The van der Waals surface area contributed by atoms with Gasteiger partial charge in [-0.05, 0) is 29.8 Å². The van der Waals surface area contributed by atoms with Crippen molar-refractivity contribution in [3.8, 4) is 5.75 Å². The lowest BCUT2D eigenvalue weighted by atomic mass is 10.0. The predicted molar refractivity (Wildman–Crippen MR) is 91.5 cm³/mol. The third kappa shape index (κ3) is 3.09. The molecule has 0 spiro atoms. The number of rotatable bonds is 3. The molecule has 0 unspecified atom stereocenters. The number of para-hydroxylation sites is 1. The molecule has 0 bridgehead atoms. The van der Waals surface area contributed by atoms with Crippen molar-refractivity contribution in [1.82, 2.24) is 0 Å². The van der Waals surface area contributed by atoms with E-state index in [4.69, 9.17) is 21.1 Å². The average Bonchev–Trinajstić information content (AvgIpc) is 2.84. The molecule has 0 aliphatic carbocycles. The van der Waals surface area contributed by atoms with Gasteiger partial charge in [-0.25, -0.2) is 9.59 Å². The highest BCUT2D eigenvalue weighted by Gasteiger charge is 2.33. The van der Waals surface area contributed by atoms with Crippen LogP contribution in [0, 0.1) is 0 Å². The predicted octanol–water partition coefficient (Wildman–Crippen LogP) is 3.90. The molecule has 0 radical (unpaired) electrons. The summed E-state index contributed by atoms with van der Waals surface area (Å²) in [5.41, 5.74) is 1.64. The third-order valence-corrected chi connectivity index (χ3v) is 3.90. The Labute approximate surface area is 144 Å². The van der Waals surface area contributed by atoms with Crippen LogP contribution in [0.2, 0.25) is 5.02 Å². The molecule has 0 aromatic heterocycles. The van der Waals surface area contributed by atoms with Crippen molar-refractivity contribution in [2.45, 2.75) is 0 Å². The van der Waals surface area contributed by atoms with E-state index in [2.05, 4.69) is 0 Å². The van der Waals surface area contributed by atoms with Crippen molar-refractivity contribution in [1.29, 1.82) is 0 Å². The molecule has 0 atom stereocenters. The van der Waals surface area contributed by atoms with E-state index in [0.29, 0.717) is 21.9 Å². The van der Waals surface area contributed by atoms with Gasteiger partial charge in [-0.1, -0.05) is 48.0 Å². The summed E-state index contributed by atoms with van der Waals surface area (Å²) in [5.74, 6) is -0.792. The van der Waals surface area contributed by atoms with Crippen molar-refractivity contribution < 1.29 is 19.1 Å². The van der Waals surface area contributed by atoms with Crippen LogP contribution in [0.3, 0.4) is 0 Å². The van der Waals surface area contributed by atoms with E-state index in [9.17, 15) is 9.59 Å². The largest absolute Gasteiger partial charge is 0.496 e. The first-order valence-corrected chi connectivity index (χ1v) is 7.56. The molecule has 1 aliphatic heterocycles. The number of carbonyl (C=O) groups is 2. The van der Waals surface area contributed by atoms with Crippen LogP contribution in [0.25, 0.3) is 12.2 Å². The summed E-state index contributed by atoms with van der Waals surface area (Å²) in [7, 11) is 1.54. The SMILES string of the molecule is COc1ccccc1/C=C1\C(=O)OC(=O)\C1=C/c1ccccc1Cl. The van der Waals surface area contributed by atoms with Crippen LogP contribution < -0.4 is 4.74 Å². The van der Waals surface area contributed by atoms with Gasteiger partial charge in [-0.2, -0.15) is 0 Å². The number of cyclic esters (lactones) is 2.